The van der Waals surface area contributed by atoms with Crippen LogP contribution >= 0.6 is 38.2 Å². The summed E-state index contributed by atoms with van der Waals surface area (Å²) in [5, 5.41) is -0.356. The van der Waals surface area contributed by atoms with E-state index in [4.69, 9.17) is 22.3 Å². The molecule has 0 aliphatic carbocycles. The molecule has 0 aromatic carbocycles. The summed E-state index contributed by atoms with van der Waals surface area (Å²) in [5.41, 5.74) is 0.419. The maximum Gasteiger partial charge on any atom is 0.280 e. The van der Waals surface area contributed by atoms with Gasteiger partial charge < -0.3 is 0 Å². The Kier molecular flexibility index (Phi) is 2.70. The standard InChI is InChI=1S/C7H3BrCl2N2O2S/c8-4-1-2-5-11-6(9)7(12(5)3-4)15(10,13)14/h1-3H. The van der Waals surface area contributed by atoms with Gasteiger partial charge in [-0.1, -0.05) is 11.6 Å². The molecule has 0 radical (unpaired) electrons. The molecule has 0 N–H and O–H groups in total. The molecule has 0 atom stereocenters. The van der Waals surface area contributed by atoms with Gasteiger partial charge >= 0.3 is 0 Å². The summed E-state index contributed by atoms with van der Waals surface area (Å²) in [6, 6.07) is 3.35. The highest BCUT2D eigenvalue weighted by Gasteiger charge is 2.21. The summed E-state index contributed by atoms with van der Waals surface area (Å²) in [5.74, 6) is 0. The molecule has 2 aromatic rings. The molecule has 2 aromatic heterocycles. The van der Waals surface area contributed by atoms with Crippen LogP contribution in [0.4, 0.5) is 0 Å². The number of hydrogen-bond acceptors (Lipinski definition) is 3. The molecule has 0 saturated carbocycles. The molecule has 0 saturated heterocycles. The summed E-state index contributed by atoms with van der Waals surface area (Å²) in [7, 11) is 1.33. The third kappa shape index (κ3) is 1.99. The monoisotopic (exact) mass is 328 g/mol. The molecule has 0 amide bonds. The van der Waals surface area contributed by atoms with E-state index in [0.717, 1.165) is 0 Å². The Morgan fingerprint density at radius 3 is 2.67 bits per heavy atom. The molecule has 80 valence electrons. The van der Waals surface area contributed by atoms with Crippen molar-refractivity contribution >= 4 is 52.9 Å². The predicted octanol–water partition coefficient (Wildman–Crippen LogP) is 2.68. The van der Waals surface area contributed by atoms with Gasteiger partial charge in [-0.2, -0.15) is 0 Å². The van der Waals surface area contributed by atoms with Crippen LogP contribution in [0.2, 0.25) is 5.15 Å². The fourth-order valence-electron chi connectivity index (χ4n) is 1.19. The van der Waals surface area contributed by atoms with Crippen molar-refractivity contribution in [1.29, 1.82) is 0 Å². The molecular formula is C7H3BrCl2N2O2S. The molecular weight excluding hydrogens is 327 g/mol. The lowest BCUT2D eigenvalue weighted by Crippen LogP contribution is -1.97. The fraction of sp³-hybridized carbons (Fsp3) is 0. The van der Waals surface area contributed by atoms with Crippen molar-refractivity contribution in [2.24, 2.45) is 0 Å². The zero-order chi connectivity index (χ0) is 11.2. The second-order valence-electron chi connectivity index (χ2n) is 2.72. The number of nitrogens with zero attached hydrogens (tertiary/aromatic N) is 2. The second kappa shape index (κ2) is 3.62. The maximum absolute atomic E-state index is 11.2. The molecule has 2 heterocycles. The van der Waals surface area contributed by atoms with Crippen LogP contribution in [0.1, 0.15) is 0 Å². The fourth-order valence-corrected chi connectivity index (χ4v) is 3.19. The van der Waals surface area contributed by atoms with E-state index in [0.29, 0.717) is 10.1 Å². The Morgan fingerprint density at radius 2 is 2.07 bits per heavy atom. The lowest BCUT2D eigenvalue weighted by molar-refractivity contribution is 0.605. The van der Waals surface area contributed by atoms with Crippen molar-refractivity contribution in [3.05, 3.63) is 28.0 Å². The zero-order valence-corrected chi connectivity index (χ0v) is 10.9. The highest BCUT2D eigenvalue weighted by atomic mass is 79.9. The Balaban J connectivity index is 2.95. The minimum Gasteiger partial charge on any atom is -0.287 e. The van der Waals surface area contributed by atoms with E-state index in [-0.39, 0.29) is 10.2 Å². The Labute approximate surface area is 103 Å². The number of rotatable bonds is 1. The second-order valence-corrected chi connectivity index (χ2v) is 6.48. The van der Waals surface area contributed by atoms with Crippen LogP contribution in [0, 0.1) is 0 Å². The highest BCUT2D eigenvalue weighted by Crippen LogP contribution is 2.26. The van der Waals surface area contributed by atoms with Gasteiger partial charge in [0.15, 0.2) is 10.2 Å². The van der Waals surface area contributed by atoms with Crippen LogP contribution in [-0.4, -0.2) is 17.8 Å². The van der Waals surface area contributed by atoms with Gasteiger partial charge in [-0.15, -0.1) is 0 Å². The Morgan fingerprint density at radius 1 is 1.40 bits per heavy atom. The van der Waals surface area contributed by atoms with Gasteiger partial charge in [0.05, 0.1) is 0 Å². The van der Waals surface area contributed by atoms with Crippen molar-refractivity contribution in [2.75, 3.05) is 0 Å². The maximum atomic E-state index is 11.2. The van der Waals surface area contributed by atoms with Crippen molar-refractivity contribution in [3.8, 4) is 0 Å². The molecule has 0 fully saturated rings. The van der Waals surface area contributed by atoms with Gasteiger partial charge in [0, 0.05) is 21.4 Å². The number of aromatic nitrogens is 2. The lowest BCUT2D eigenvalue weighted by Gasteiger charge is -1.98. The molecule has 0 spiro atoms. The largest absolute Gasteiger partial charge is 0.287 e. The number of imidazole rings is 1. The van der Waals surface area contributed by atoms with Crippen molar-refractivity contribution < 1.29 is 8.42 Å². The first-order valence-electron chi connectivity index (χ1n) is 3.67. The quantitative estimate of drug-likeness (QED) is 0.756. The van der Waals surface area contributed by atoms with E-state index in [1.807, 2.05) is 0 Å². The molecule has 0 bridgehead atoms. The molecule has 0 aliphatic rings. The first kappa shape index (κ1) is 11.2. The molecule has 4 nitrogen and oxygen atoms in total. The Hall–Kier alpha value is -0.300. The van der Waals surface area contributed by atoms with E-state index in [1.165, 1.54) is 10.6 Å². The number of halogens is 3. The van der Waals surface area contributed by atoms with E-state index in [2.05, 4.69) is 20.9 Å². The van der Waals surface area contributed by atoms with Gasteiger partial charge in [0.25, 0.3) is 9.05 Å². The lowest BCUT2D eigenvalue weighted by atomic mass is 10.5. The first-order valence-corrected chi connectivity index (χ1v) is 7.15. The van der Waals surface area contributed by atoms with Crippen LogP contribution in [0.25, 0.3) is 5.65 Å². The summed E-state index contributed by atoms with van der Waals surface area (Å²) >= 11 is 8.91. The Bertz CT molecular complexity index is 638. The van der Waals surface area contributed by atoms with Crippen molar-refractivity contribution in [1.82, 2.24) is 9.38 Å². The summed E-state index contributed by atoms with van der Waals surface area (Å²) in [6.07, 6.45) is 1.53. The van der Waals surface area contributed by atoms with Gasteiger partial charge in [-0.25, -0.2) is 13.4 Å². The van der Waals surface area contributed by atoms with Gasteiger partial charge in [-0.05, 0) is 28.1 Å². The van der Waals surface area contributed by atoms with Gasteiger partial charge in [-0.3, -0.25) is 4.40 Å². The minimum atomic E-state index is -3.91. The SMILES string of the molecule is O=S(=O)(Cl)c1c(Cl)nc2ccc(Br)cn12. The van der Waals surface area contributed by atoms with Gasteiger partial charge in [0.1, 0.15) is 5.65 Å². The predicted molar refractivity (Wildman–Crippen MR) is 60.9 cm³/mol. The van der Waals surface area contributed by atoms with E-state index >= 15 is 0 Å². The van der Waals surface area contributed by atoms with Crippen molar-refractivity contribution in [3.63, 3.8) is 0 Å². The van der Waals surface area contributed by atoms with Crippen molar-refractivity contribution in [2.45, 2.75) is 5.03 Å². The minimum absolute atomic E-state index is 0.136. The van der Waals surface area contributed by atoms with Crippen LogP contribution in [0.15, 0.2) is 27.8 Å². The number of hydrogen-bond donors (Lipinski definition) is 0. The summed E-state index contributed by atoms with van der Waals surface area (Å²) in [6.45, 7) is 0. The third-order valence-electron chi connectivity index (χ3n) is 1.73. The molecule has 8 heteroatoms. The normalized spacial score (nSPS) is 12.2. The third-order valence-corrected chi connectivity index (χ3v) is 3.86. The molecule has 15 heavy (non-hydrogen) atoms. The zero-order valence-electron chi connectivity index (χ0n) is 6.99. The summed E-state index contributed by atoms with van der Waals surface area (Å²) < 4.78 is 24.5. The van der Waals surface area contributed by atoms with Crippen LogP contribution < -0.4 is 0 Å². The number of fused-ring (bicyclic) bond motifs is 1. The molecule has 0 unspecified atom stereocenters. The first-order chi connectivity index (χ1) is 6.89. The van der Waals surface area contributed by atoms with Crippen LogP contribution in [0.5, 0.6) is 0 Å². The smallest absolute Gasteiger partial charge is 0.280 e. The van der Waals surface area contributed by atoms with E-state index in [1.54, 1.807) is 12.1 Å². The van der Waals surface area contributed by atoms with Crippen LogP contribution in [-0.2, 0) is 9.05 Å². The molecule has 0 aliphatic heterocycles. The number of pyridine rings is 1. The summed E-state index contributed by atoms with van der Waals surface area (Å²) in [4.78, 5) is 3.86. The highest BCUT2D eigenvalue weighted by molar-refractivity contribution is 9.10. The molecule has 2 rings (SSSR count). The van der Waals surface area contributed by atoms with E-state index < -0.39 is 9.05 Å². The van der Waals surface area contributed by atoms with Gasteiger partial charge in [0.2, 0.25) is 0 Å². The average molecular weight is 330 g/mol. The average Bonchev–Trinajstić information content (AvgIpc) is 2.38. The van der Waals surface area contributed by atoms with Crippen LogP contribution in [0.3, 0.4) is 0 Å². The van der Waals surface area contributed by atoms with E-state index in [9.17, 15) is 8.42 Å². The topological polar surface area (TPSA) is 51.4 Å².